The molecule has 0 bridgehead atoms. The number of nitrogens with two attached hydrogens (primary N) is 2. The van der Waals surface area contributed by atoms with Crippen molar-refractivity contribution in [1.29, 1.82) is 0 Å². The maximum absolute atomic E-state index is 11.5. The molecular formula is C14H21N4O2+. The number of hydrogen-bond acceptors (Lipinski definition) is 2. The molecule has 1 amide bonds. The maximum Gasteiger partial charge on any atom is 0.338 e. The zero-order chi connectivity index (χ0) is 14.8. The molecule has 1 rings (SSSR count). The van der Waals surface area contributed by atoms with Gasteiger partial charge in [0.15, 0.2) is 0 Å². The SMILES string of the molecule is NC(N)=[NH+]CCCCNC(=O)/C=C\c1ccc(O)cc1. The fourth-order valence-electron chi connectivity index (χ4n) is 1.51. The van der Waals surface area contributed by atoms with Crippen LogP contribution in [-0.4, -0.2) is 30.1 Å². The van der Waals surface area contributed by atoms with E-state index in [-0.39, 0.29) is 17.6 Å². The van der Waals surface area contributed by atoms with Gasteiger partial charge in [-0.15, -0.1) is 0 Å². The zero-order valence-corrected chi connectivity index (χ0v) is 11.3. The number of nitrogens with one attached hydrogen (secondary N) is 2. The number of hydrogen-bond donors (Lipinski definition) is 5. The predicted octanol–water partition coefficient (Wildman–Crippen LogP) is -1.34. The van der Waals surface area contributed by atoms with Gasteiger partial charge in [-0.2, -0.15) is 0 Å². The molecule has 1 aromatic rings. The highest BCUT2D eigenvalue weighted by Crippen LogP contribution is 2.10. The molecule has 0 heterocycles. The summed E-state index contributed by atoms with van der Waals surface area (Å²) in [4.78, 5) is 14.3. The van der Waals surface area contributed by atoms with E-state index >= 15 is 0 Å². The first kappa shape index (κ1) is 15.6. The van der Waals surface area contributed by atoms with Crippen molar-refractivity contribution < 1.29 is 14.9 Å². The molecule has 0 aliphatic heterocycles. The number of guanidine groups is 1. The highest BCUT2D eigenvalue weighted by molar-refractivity contribution is 5.91. The largest absolute Gasteiger partial charge is 0.508 e. The molecule has 0 fully saturated rings. The number of phenolic OH excluding ortho intramolecular Hbond substituents is 1. The van der Waals surface area contributed by atoms with Gasteiger partial charge in [-0.3, -0.25) is 21.3 Å². The average molecular weight is 277 g/mol. The van der Waals surface area contributed by atoms with Crippen molar-refractivity contribution in [2.75, 3.05) is 13.1 Å². The van der Waals surface area contributed by atoms with Gasteiger partial charge >= 0.3 is 5.96 Å². The summed E-state index contributed by atoms with van der Waals surface area (Å²) in [6, 6.07) is 6.62. The Morgan fingerprint density at radius 2 is 1.95 bits per heavy atom. The lowest BCUT2D eigenvalue weighted by Gasteiger charge is -2.00. The molecule has 7 N–H and O–H groups in total. The Morgan fingerprint density at radius 3 is 2.60 bits per heavy atom. The van der Waals surface area contributed by atoms with Crippen molar-refractivity contribution >= 4 is 17.9 Å². The van der Waals surface area contributed by atoms with Crippen LogP contribution in [0.25, 0.3) is 6.08 Å². The Morgan fingerprint density at radius 1 is 1.25 bits per heavy atom. The van der Waals surface area contributed by atoms with Crippen LogP contribution in [0.4, 0.5) is 0 Å². The lowest BCUT2D eigenvalue weighted by molar-refractivity contribution is -0.459. The van der Waals surface area contributed by atoms with Crippen LogP contribution in [-0.2, 0) is 4.79 Å². The molecule has 0 spiro atoms. The summed E-state index contributed by atoms with van der Waals surface area (Å²) in [6.45, 7) is 1.30. The minimum absolute atomic E-state index is 0.143. The molecule has 0 radical (unpaired) electrons. The molecule has 6 heteroatoms. The Balaban J connectivity index is 2.20. The second kappa shape index (κ2) is 8.58. The summed E-state index contributed by atoms with van der Waals surface area (Å²) in [5.74, 6) is 0.275. The molecule has 0 aromatic heterocycles. The number of amides is 1. The van der Waals surface area contributed by atoms with Gasteiger partial charge in [0.2, 0.25) is 5.91 Å². The van der Waals surface area contributed by atoms with Crippen LogP contribution < -0.4 is 21.8 Å². The average Bonchev–Trinajstić information content (AvgIpc) is 2.41. The summed E-state index contributed by atoms with van der Waals surface area (Å²) in [5.41, 5.74) is 11.4. The highest BCUT2D eigenvalue weighted by Gasteiger charge is 1.95. The van der Waals surface area contributed by atoms with Crippen molar-refractivity contribution in [3.63, 3.8) is 0 Å². The van der Waals surface area contributed by atoms with Crippen LogP contribution in [0, 0.1) is 0 Å². The lowest BCUT2D eigenvalue weighted by Crippen LogP contribution is -2.78. The van der Waals surface area contributed by atoms with Crippen LogP contribution in [0.15, 0.2) is 30.3 Å². The van der Waals surface area contributed by atoms with Crippen LogP contribution in [0.2, 0.25) is 0 Å². The first-order valence-electron chi connectivity index (χ1n) is 6.44. The minimum atomic E-state index is -0.143. The van der Waals surface area contributed by atoms with E-state index in [1.54, 1.807) is 30.3 Å². The third-order valence-electron chi connectivity index (χ3n) is 2.55. The molecule has 6 nitrogen and oxygen atoms in total. The Hall–Kier alpha value is -2.50. The van der Waals surface area contributed by atoms with E-state index in [0.29, 0.717) is 13.1 Å². The Bertz CT molecular complexity index is 476. The van der Waals surface area contributed by atoms with Crippen molar-refractivity contribution in [3.05, 3.63) is 35.9 Å². The molecule has 1 aromatic carbocycles. The number of carbonyl (C=O) groups excluding carboxylic acids is 1. The highest BCUT2D eigenvalue weighted by atomic mass is 16.3. The number of unbranched alkanes of at least 4 members (excludes halogenated alkanes) is 1. The van der Waals surface area contributed by atoms with Crippen LogP contribution in [0.1, 0.15) is 18.4 Å². The van der Waals surface area contributed by atoms with Crippen molar-refractivity contribution in [2.45, 2.75) is 12.8 Å². The van der Waals surface area contributed by atoms with Crippen molar-refractivity contribution in [2.24, 2.45) is 11.5 Å². The molecule has 0 saturated heterocycles. The van der Waals surface area contributed by atoms with Crippen molar-refractivity contribution in [1.82, 2.24) is 5.32 Å². The normalized spacial score (nSPS) is 10.4. The standard InChI is InChI=1S/C14H20N4O2/c15-14(16)18-10-2-1-9-17-13(20)8-5-11-3-6-12(19)7-4-11/h3-8,19H,1-2,9-10H2,(H,17,20)(H4,15,16,18)/p+1/b8-5-. The summed E-state index contributed by atoms with van der Waals surface area (Å²) < 4.78 is 0. The summed E-state index contributed by atoms with van der Waals surface area (Å²) in [5, 5.41) is 11.9. The van der Waals surface area contributed by atoms with Gasteiger partial charge in [-0.25, -0.2) is 0 Å². The fraction of sp³-hybridized carbons (Fsp3) is 0.286. The number of rotatable bonds is 7. The first-order valence-corrected chi connectivity index (χ1v) is 6.44. The molecule has 0 aliphatic carbocycles. The molecule has 0 atom stereocenters. The number of aromatic hydroxyl groups is 1. The van der Waals surface area contributed by atoms with E-state index in [4.69, 9.17) is 16.6 Å². The smallest absolute Gasteiger partial charge is 0.338 e. The lowest BCUT2D eigenvalue weighted by atomic mass is 10.2. The summed E-state index contributed by atoms with van der Waals surface area (Å²) >= 11 is 0. The quantitative estimate of drug-likeness (QED) is 0.183. The molecule has 0 saturated carbocycles. The Labute approximate surface area is 118 Å². The monoisotopic (exact) mass is 277 g/mol. The van der Waals surface area contributed by atoms with Gasteiger partial charge < -0.3 is 10.4 Å². The van der Waals surface area contributed by atoms with Crippen LogP contribution in [0.3, 0.4) is 0 Å². The van der Waals surface area contributed by atoms with E-state index in [1.807, 2.05) is 0 Å². The van der Waals surface area contributed by atoms with E-state index in [2.05, 4.69) is 10.3 Å². The molecule has 0 aliphatic rings. The van der Waals surface area contributed by atoms with Crippen LogP contribution in [0.5, 0.6) is 5.75 Å². The second-order valence-corrected chi connectivity index (χ2v) is 4.31. The summed E-state index contributed by atoms with van der Waals surface area (Å²) in [6.07, 6.45) is 4.88. The molecule has 0 unspecified atom stereocenters. The van der Waals surface area contributed by atoms with Gasteiger partial charge in [0.25, 0.3) is 0 Å². The number of carbonyl (C=O) groups is 1. The van der Waals surface area contributed by atoms with Crippen molar-refractivity contribution in [3.8, 4) is 5.75 Å². The van der Waals surface area contributed by atoms with E-state index < -0.39 is 0 Å². The van der Waals surface area contributed by atoms with Gasteiger partial charge in [-0.1, -0.05) is 12.1 Å². The van der Waals surface area contributed by atoms with Gasteiger partial charge in [-0.05, 0) is 36.6 Å². The van der Waals surface area contributed by atoms with Gasteiger partial charge in [0.05, 0.1) is 6.54 Å². The topological polar surface area (TPSA) is 115 Å². The van der Waals surface area contributed by atoms with E-state index in [9.17, 15) is 4.79 Å². The molecule has 20 heavy (non-hydrogen) atoms. The van der Waals surface area contributed by atoms with Gasteiger partial charge in [0.1, 0.15) is 5.75 Å². The van der Waals surface area contributed by atoms with E-state index in [0.717, 1.165) is 18.4 Å². The van der Waals surface area contributed by atoms with Crippen LogP contribution >= 0.6 is 0 Å². The number of benzene rings is 1. The maximum atomic E-state index is 11.5. The minimum Gasteiger partial charge on any atom is -0.508 e. The summed E-state index contributed by atoms with van der Waals surface area (Å²) in [7, 11) is 0. The number of phenols is 1. The van der Waals surface area contributed by atoms with Gasteiger partial charge in [0, 0.05) is 12.6 Å². The predicted molar refractivity (Wildman–Crippen MR) is 78.6 cm³/mol. The Kier molecular flexibility index (Phi) is 6.67. The first-order chi connectivity index (χ1) is 9.58. The van der Waals surface area contributed by atoms with E-state index in [1.165, 1.54) is 6.08 Å². The zero-order valence-electron chi connectivity index (χ0n) is 11.3. The molecule has 108 valence electrons. The second-order valence-electron chi connectivity index (χ2n) is 4.31. The third kappa shape index (κ3) is 7.05. The fourth-order valence-corrected chi connectivity index (χ4v) is 1.51. The molecular weight excluding hydrogens is 256 g/mol. The third-order valence-corrected chi connectivity index (χ3v) is 2.55.